The topological polar surface area (TPSA) is 54.0 Å². The maximum Gasteiger partial charge on any atom is 0.221 e. The lowest BCUT2D eigenvalue weighted by Gasteiger charge is -2.09. The molecule has 2 rings (SSSR count). The van der Waals surface area contributed by atoms with Crippen molar-refractivity contribution < 1.29 is 4.79 Å². The van der Waals surface area contributed by atoms with Gasteiger partial charge in [-0.1, -0.05) is 6.07 Å². The number of aromatic nitrogens is 1. The van der Waals surface area contributed by atoms with Crippen LogP contribution in [0.5, 0.6) is 0 Å². The van der Waals surface area contributed by atoms with Gasteiger partial charge < -0.3 is 10.6 Å². The largest absolute Gasteiger partial charge is 0.339 e. The molecule has 0 aliphatic rings. The van der Waals surface area contributed by atoms with Crippen molar-refractivity contribution in [1.29, 1.82) is 0 Å². The molecular formula is C14H14BrN3O. The SMILES string of the molecule is CC(=O)Nc1ccc(Nc2ccc(C)cc2Br)nc1. The summed E-state index contributed by atoms with van der Waals surface area (Å²) >= 11 is 3.50. The molecule has 5 heteroatoms. The first-order chi connectivity index (χ1) is 9.04. The van der Waals surface area contributed by atoms with Gasteiger partial charge in [-0.3, -0.25) is 4.79 Å². The molecule has 0 saturated heterocycles. The van der Waals surface area contributed by atoms with Gasteiger partial charge in [-0.25, -0.2) is 4.98 Å². The van der Waals surface area contributed by atoms with Crippen LogP contribution in [0.3, 0.4) is 0 Å². The van der Waals surface area contributed by atoms with Gasteiger partial charge in [0.25, 0.3) is 0 Å². The van der Waals surface area contributed by atoms with Crippen molar-refractivity contribution >= 4 is 39.0 Å². The number of anilines is 3. The van der Waals surface area contributed by atoms with Gasteiger partial charge in [0, 0.05) is 11.4 Å². The molecule has 0 bridgehead atoms. The monoisotopic (exact) mass is 319 g/mol. The van der Waals surface area contributed by atoms with Crippen LogP contribution in [0.1, 0.15) is 12.5 Å². The predicted octanol–water partition coefficient (Wildman–Crippen LogP) is 3.85. The molecule has 0 aliphatic heterocycles. The minimum atomic E-state index is -0.108. The van der Waals surface area contributed by atoms with Crippen LogP contribution in [-0.4, -0.2) is 10.9 Å². The zero-order valence-electron chi connectivity index (χ0n) is 10.7. The maximum atomic E-state index is 10.9. The molecule has 0 saturated carbocycles. The molecule has 1 aromatic carbocycles. The van der Waals surface area contributed by atoms with Crippen molar-refractivity contribution in [2.75, 3.05) is 10.6 Å². The standard InChI is InChI=1S/C14H14BrN3O/c1-9-3-5-13(12(15)7-9)18-14-6-4-11(8-16-14)17-10(2)19/h3-8H,1-2H3,(H,16,18)(H,17,19). The number of hydrogen-bond acceptors (Lipinski definition) is 3. The van der Waals surface area contributed by atoms with Gasteiger partial charge in [0.2, 0.25) is 5.91 Å². The van der Waals surface area contributed by atoms with Gasteiger partial charge in [0.1, 0.15) is 5.82 Å². The molecule has 0 fully saturated rings. The second-order valence-corrected chi connectivity index (χ2v) is 5.08. The van der Waals surface area contributed by atoms with E-state index in [4.69, 9.17) is 0 Å². The van der Waals surface area contributed by atoms with Crippen LogP contribution in [0.2, 0.25) is 0 Å². The van der Waals surface area contributed by atoms with E-state index < -0.39 is 0 Å². The van der Waals surface area contributed by atoms with Crippen molar-refractivity contribution in [2.45, 2.75) is 13.8 Å². The smallest absolute Gasteiger partial charge is 0.221 e. The molecular weight excluding hydrogens is 306 g/mol. The van der Waals surface area contributed by atoms with E-state index in [2.05, 4.69) is 31.5 Å². The summed E-state index contributed by atoms with van der Waals surface area (Å²) in [5.74, 6) is 0.613. The molecule has 2 N–H and O–H groups in total. The van der Waals surface area contributed by atoms with E-state index in [-0.39, 0.29) is 5.91 Å². The summed E-state index contributed by atoms with van der Waals surface area (Å²) in [5.41, 5.74) is 2.82. The Labute approximate surface area is 120 Å². The Morgan fingerprint density at radius 2 is 2.05 bits per heavy atom. The average Bonchev–Trinajstić information content (AvgIpc) is 2.34. The fourth-order valence-electron chi connectivity index (χ4n) is 1.60. The minimum Gasteiger partial charge on any atom is -0.339 e. The Morgan fingerprint density at radius 1 is 1.26 bits per heavy atom. The van der Waals surface area contributed by atoms with Crippen LogP contribution < -0.4 is 10.6 Å². The fraction of sp³-hybridized carbons (Fsp3) is 0.143. The summed E-state index contributed by atoms with van der Waals surface area (Å²) in [6.45, 7) is 3.50. The van der Waals surface area contributed by atoms with Gasteiger partial charge in [-0.2, -0.15) is 0 Å². The third-order valence-electron chi connectivity index (χ3n) is 2.47. The summed E-state index contributed by atoms with van der Waals surface area (Å²) in [6, 6.07) is 9.67. The predicted molar refractivity (Wildman–Crippen MR) is 80.7 cm³/mol. The number of amides is 1. The van der Waals surface area contributed by atoms with Crippen molar-refractivity contribution in [3.05, 3.63) is 46.6 Å². The summed E-state index contributed by atoms with van der Waals surface area (Å²) in [7, 11) is 0. The van der Waals surface area contributed by atoms with Crippen LogP contribution in [0, 0.1) is 6.92 Å². The third kappa shape index (κ3) is 3.79. The number of benzene rings is 1. The van der Waals surface area contributed by atoms with Crippen molar-refractivity contribution in [2.24, 2.45) is 0 Å². The number of aryl methyl sites for hydroxylation is 1. The first kappa shape index (κ1) is 13.5. The van der Waals surface area contributed by atoms with Crippen molar-refractivity contribution in [1.82, 2.24) is 4.98 Å². The average molecular weight is 320 g/mol. The van der Waals surface area contributed by atoms with Crippen molar-refractivity contribution in [3.63, 3.8) is 0 Å². The summed E-state index contributed by atoms with van der Waals surface area (Å²) in [5, 5.41) is 5.89. The van der Waals surface area contributed by atoms with Gasteiger partial charge in [-0.15, -0.1) is 0 Å². The van der Waals surface area contributed by atoms with Gasteiger partial charge >= 0.3 is 0 Å². The number of carbonyl (C=O) groups excluding carboxylic acids is 1. The lowest BCUT2D eigenvalue weighted by Crippen LogP contribution is -2.06. The molecule has 1 aromatic heterocycles. The second kappa shape index (κ2) is 5.84. The van der Waals surface area contributed by atoms with Crippen molar-refractivity contribution in [3.8, 4) is 0 Å². The number of hydrogen-bond donors (Lipinski definition) is 2. The maximum absolute atomic E-state index is 10.9. The van der Waals surface area contributed by atoms with E-state index in [1.807, 2.05) is 31.2 Å². The van der Waals surface area contributed by atoms with Crippen LogP contribution in [0.4, 0.5) is 17.2 Å². The Morgan fingerprint density at radius 3 is 2.63 bits per heavy atom. The highest BCUT2D eigenvalue weighted by Crippen LogP contribution is 2.26. The van der Waals surface area contributed by atoms with E-state index in [1.54, 1.807) is 12.3 Å². The lowest BCUT2D eigenvalue weighted by atomic mass is 10.2. The molecule has 0 aliphatic carbocycles. The highest BCUT2D eigenvalue weighted by atomic mass is 79.9. The number of nitrogens with one attached hydrogen (secondary N) is 2. The summed E-state index contributed by atoms with van der Waals surface area (Å²) < 4.78 is 0.986. The molecule has 2 aromatic rings. The number of rotatable bonds is 3. The van der Waals surface area contributed by atoms with Gasteiger partial charge in [0.05, 0.1) is 17.6 Å². The summed E-state index contributed by atoms with van der Waals surface area (Å²) in [4.78, 5) is 15.1. The normalized spacial score (nSPS) is 10.1. The highest BCUT2D eigenvalue weighted by Gasteiger charge is 2.02. The Hall–Kier alpha value is -1.88. The second-order valence-electron chi connectivity index (χ2n) is 4.22. The fourth-order valence-corrected chi connectivity index (χ4v) is 2.20. The molecule has 0 radical (unpaired) electrons. The van der Waals surface area contributed by atoms with E-state index in [0.29, 0.717) is 5.69 Å². The van der Waals surface area contributed by atoms with E-state index in [1.165, 1.54) is 12.5 Å². The van der Waals surface area contributed by atoms with E-state index in [0.717, 1.165) is 16.0 Å². The quantitative estimate of drug-likeness (QED) is 0.903. The Kier molecular flexibility index (Phi) is 4.16. The Bertz CT molecular complexity index is 596. The number of nitrogens with zero attached hydrogens (tertiary/aromatic N) is 1. The van der Waals surface area contributed by atoms with Gasteiger partial charge in [-0.05, 0) is 52.7 Å². The summed E-state index contributed by atoms with van der Waals surface area (Å²) in [6.07, 6.45) is 1.62. The molecule has 98 valence electrons. The number of carbonyl (C=O) groups is 1. The molecule has 19 heavy (non-hydrogen) atoms. The minimum absolute atomic E-state index is 0.108. The first-order valence-corrected chi connectivity index (χ1v) is 6.61. The number of pyridine rings is 1. The zero-order chi connectivity index (χ0) is 13.8. The molecule has 0 atom stereocenters. The third-order valence-corrected chi connectivity index (χ3v) is 3.13. The van der Waals surface area contributed by atoms with Crippen LogP contribution in [0.15, 0.2) is 41.0 Å². The molecule has 0 unspecified atom stereocenters. The van der Waals surface area contributed by atoms with Crippen LogP contribution in [0.25, 0.3) is 0 Å². The molecule has 1 heterocycles. The Balaban J connectivity index is 2.13. The van der Waals surface area contributed by atoms with Gasteiger partial charge in [0.15, 0.2) is 0 Å². The number of halogens is 1. The first-order valence-electron chi connectivity index (χ1n) is 5.81. The molecule has 4 nitrogen and oxygen atoms in total. The van der Waals surface area contributed by atoms with Crippen LogP contribution in [-0.2, 0) is 4.79 Å². The molecule has 0 spiro atoms. The lowest BCUT2D eigenvalue weighted by molar-refractivity contribution is -0.114. The highest BCUT2D eigenvalue weighted by molar-refractivity contribution is 9.10. The molecule has 1 amide bonds. The van der Waals surface area contributed by atoms with Crippen LogP contribution >= 0.6 is 15.9 Å². The zero-order valence-corrected chi connectivity index (χ0v) is 12.3. The van der Waals surface area contributed by atoms with E-state index >= 15 is 0 Å². The van der Waals surface area contributed by atoms with E-state index in [9.17, 15) is 4.79 Å².